The van der Waals surface area contributed by atoms with Crippen molar-refractivity contribution in [3.63, 3.8) is 0 Å². The molecule has 94 valence electrons. The summed E-state index contributed by atoms with van der Waals surface area (Å²) in [5.74, 6) is 0. The van der Waals surface area contributed by atoms with Crippen LogP contribution in [-0.4, -0.2) is 24.1 Å². The maximum absolute atomic E-state index is 11.8. The lowest BCUT2D eigenvalue weighted by Gasteiger charge is -2.20. The van der Waals surface area contributed by atoms with Crippen LogP contribution < -0.4 is 0 Å². The first kappa shape index (κ1) is 13.6. The van der Waals surface area contributed by atoms with Gasteiger partial charge in [0.2, 0.25) is 0 Å². The Morgan fingerprint density at radius 3 is 2.24 bits per heavy atom. The van der Waals surface area contributed by atoms with Crippen LogP contribution in [0.1, 0.15) is 32.3 Å². The molecule has 1 amide bonds. The van der Waals surface area contributed by atoms with Crippen LogP contribution in [0.15, 0.2) is 30.3 Å². The van der Waals surface area contributed by atoms with Crippen molar-refractivity contribution < 1.29 is 9.53 Å². The van der Waals surface area contributed by atoms with Crippen LogP contribution in [0, 0.1) is 0 Å². The Kier molecular flexibility index (Phi) is 6.15. The molecule has 0 saturated carbocycles. The van der Waals surface area contributed by atoms with Gasteiger partial charge >= 0.3 is 6.09 Å². The molecular formula is C14H21NO2. The number of rotatable bonds is 6. The van der Waals surface area contributed by atoms with Gasteiger partial charge < -0.3 is 9.64 Å². The monoisotopic (exact) mass is 235 g/mol. The molecule has 17 heavy (non-hydrogen) atoms. The Bertz CT molecular complexity index is 318. The van der Waals surface area contributed by atoms with Crippen molar-refractivity contribution in [2.75, 3.05) is 13.1 Å². The molecule has 0 atom stereocenters. The number of hydrogen-bond acceptors (Lipinski definition) is 2. The molecule has 0 heterocycles. The third-order valence-corrected chi connectivity index (χ3v) is 2.45. The molecule has 3 heteroatoms. The van der Waals surface area contributed by atoms with Gasteiger partial charge in [0.1, 0.15) is 6.61 Å². The van der Waals surface area contributed by atoms with Crippen LogP contribution in [0.5, 0.6) is 0 Å². The van der Waals surface area contributed by atoms with E-state index in [-0.39, 0.29) is 6.09 Å². The van der Waals surface area contributed by atoms with Crippen molar-refractivity contribution in [3.05, 3.63) is 35.9 Å². The average Bonchev–Trinajstić information content (AvgIpc) is 2.37. The maximum Gasteiger partial charge on any atom is 0.410 e. The summed E-state index contributed by atoms with van der Waals surface area (Å²) in [6.45, 7) is 6.01. The lowest BCUT2D eigenvalue weighted by Crippen LogP contribution is -2.32. The summed E-state index contributed by atoms with van der Waals surface area (Å²) in [4.78, 5) is 13.6. The normalized spacial score (nSPS) is 10.0. The van der Waals surface area contributed by atoms with Crippen LogP contribution in [0.2, 0.25) is 0 Å². The van der Waals surface area contributed by atoms with Crippen molar-refractivity contribution >= 4 is 6.09 Å². The first-order valence-corrected chi connectivity index (χ1v) is 6.23. The van der Waals surface area contributed by atoms with Crippen LogP contribution in [-0.2, 0) is 11.3 Å². The highest BCUT2D eigenvalue weighted by atomic mass is 16.6. The third kappa shape index (κ3) is 4.89. The highest BCUT2D eigenvalue weighted by Crippen LogP contribution is 2.04. The number of carbonyl (C=O) groups excluding carboxylic acids is 1. The molecule has 0 N–H and O–H groups in total. The van der Waals surface area contributed by atoms with Gasteiger partial charge in [0, 0.05) is 13.1 Å². The smallest absolute Gasteiger partial charge is 0.410 e. The van der Waals surface area contributed by atoms with Gasteiger partial charge in [-0.1, -0.05) is 44.2 Å². The molecule has 1 aromatic carbocycles. The minimum absolute atomic E-state index is 0.211. The minimum atomic E-state index is -0.211. The van der Waals surface area contributed by atoms with Gasteiger partial charge in [-0.05, 0) is 18.4 Å². The van der Waals surface area contributed by atoms with Gasteiger partial charge in [-0.2, -0.15) is 0 Å². The van der Waals surface area contributed by atoms with E-state index in [9.17, 15) is 4.79 Å². The van der Waals surface area contributed by atoms with Crippen LogP contribution in [0.3, 0.4) is 0 Å². The van der Waals surface area contributed by atoms with Gasteiger partial charge in [-0.3, -0.25) is 0 Å². The number of amides is 1. The number of benzene rings is 1. The largest absolute Gasteiger partial charge is 0.445 e. The SMILES string of the molecule is CCCN(CCC)C(=O)OCc1ccccc1. The average molecular weight is 235 g/mol. The Hall–Kier alpha value is -1.51. The standard InChI is InChI=1S/C14H21NO2/c1-3-10-15(11-4-2)14(16)17-12-13-8-6-5-7-9-13/h5-9H,3-4,10-12H2,1-2H3. The quantitative estimate of drug-likeness (QED) is 0.756. The van der Waals surface area contributed by atoms with Crippen molar-refractivity contribution in [3.8, 4) is 0 Å². The summed E-state index contributed by atoms with van der Waals surface area (Å²) in [7, 11) is 0. The molecule has 0 aliphatic carbocycles. The summed E-state index contributed by atoms with van der Waals surface area (Å²) in [6.07, 6.45) is 1.71. The van der Waals surface area contributed by atoms with E-state index in [4.69, 9.17) is 4.74 Å². The fourth-order valence-corrected chi connectivity index (χ4v) is 1.64. The van der Waals surface area contributed by atoms with Gasteiger partial charge in [0.05, 0.1) is 0 Å². The molecule has 1 aromatic rings. The zero-order valence-electron chi connectivity index (χ0n) is 10.7. The molecule has 0 fully saturated rings. The van der Waals surface area contributed by atoms with Crippen LogP contribution >= 0.6 is 0 Å². The van der Waals surface area contributed by atoms with E-state index in [2.05, 4.69) is 13.8 Å². The summed E-state index contributed by atoms with van der Waals surface area (Å²) < 4.78 is 5.28. The summed E-state index contributed by atoms with van der Waals surface area (Å²) in [5, 5.41) is 0. The number of ether oxygens (including phenoxy) is 1. The molecule has 1 rings (SSSR count). The van der Waals surface area contributed by atoms with E-state index in [1.807, 2.05) is 30.3 Å². The summed E-state index contributed by atoms with van der Waals surface area (Å²) >= 11 is 0. The molecule has 0 aliphatic rings. The van der Waals surface area contributed by atoms with E-state index in [0.717, 1.165) is 31.5 Å². The Labute approximate surface area is 103 Å². The molecule has 0 spiro atoms. The molecule has 0 aromatic heterocycles. The van der Waals surface area contributed by atoms with Gasteiger partial charge in [0.25, 0.3) is 0 Å². The number of hydrogen-bond donors (Lipinski definition) is 0. The van der Waals surface area contributed by atoms with E-state index < -0.39 is 0 Å². The van der Waals surface area contributed by atoms with Crippen LogP contribution in [0.4, 0.5) is 4.79 Å². The molecule has 0 bridgehead atoms. The predicted molar refractivity (Wildman–Crippen MR) is 68.8 cm³/mol. The highest BCUT2D eigenvalue weighted by molar-refractivity contribution is 5.67. The van der Waals surface area contributed by atoms with Gasteiger partial charge in [-0.15, -0.1) is 0 Å². The van der Waals surface area contributed by atoms with Crippen molar-refractivity contribution in [1.29, 1.82) is 0 Å². The zero-order valence-corrected chi connectivity index (χ0v) is 10.7. The third-order valence-electron chi connectivity index (χ3n) is 2.45. The minimum Gasteiger partial charge on any atom is -0.445 e. The van der Waals surface area contributed by atoms with Gasteiger partial charge in [0.15, 0.2) is 0 Å². The van der Waals surface area contributed by atoms with E-state index in [1.54, 1.807) is 4.90 Å². The second kappa shape index (κ2) is 7.71. The second-order valence-corrected chi connectivity index (χ2v) is 4.03. The van der Waals surface area contributed by atoms with Crippen molar-refractivity contribution in [1.82, 2.24) is 4.90 Å². The van der Waals surface area contributed by atoms with E-state index in [0.29, 0.717) is 6.61 Å². The Morgan fingerprint density at radius 1 is 1.12 bits per heavy atom. The topological polar surface area (TPSA) is 29.5 Å². The summed E-state index contributed by atoms with van der Waals surface area (Å²) in [6, 6.07) is 9.75. The van der Waals surface area contributed by atoms with Crippen molar-refractivity contribution in [2.45, 2.75) is 33.3 Å². The zero-order chi connectivity index (χ0) is 12.5. The second-order valence-electron chi connectivity index (χ2n) is 4.03. The first-order chi connectivity index (χ1) is 8.27. The molecule has 0 aliphatic heterocycles. The maximum atomic E-state index is 11.8. The number of nitrogens with zero attached hydrogens (tertiary/aromatic N) is 1. The molecule has 0 saturated heterocycles. The van der Waals surface area contributed by atoms with Crippen molar-refractivity contribution in [2.24, 2.45) is 0 Å². The van der Waals surface area contributed by atoms with E-state index >= 15 is 0 Å². The fraction of sp³-hybridized carbons (Fsp3) is 0.500. The Balaban J connectivity index is 2.41. The Morgan fingerprint density at radius 2 is 1.71 bits per heavy atom. The predicted octanol–water partition coefficient (Wildman–Crippen LogP) is 3.45. The molecule has 3 nitrogen and oxygen atoms in total. The van der Waals surface area contributed by atoms with Gasteiger partial charge in [-0.25, -0.2) is 4.79 Å². The lowest BCUT2D eigenvalue weighted by molar-refractivity contribution is 0.0961. The van der Waals surface area contributed by atoms with E-state index in [1.165, 1.54) is 0 Å². The summed E-state index contributed by atoms with van der Waals surface area (Å²) in [5.41, 5.74) is 1.02. The fourth-order valence-electron chi connectivity index (χ4n) is 1.64. The number of carbonyl (C=O) groups is 1. The molecule has 0 radical (unpaired) electrons. The molecular weight excluding hydrogens is 214 g/mol. The molecule has 0 unspecified atom stereocenters. The first-order valence-electron chi connectivity index (χ1n) is 6.23. The van der Waals surface area contributed by atoms with Crippen LogP contribution in [0.25, 0.3) is 0 Å². The highest BCUT2D eigenvalue weighted by Gasteiger charge is 2.12. The lowest BCUT2D eigenvalue weighted by atomic mass is 10.2.